The van der Waals surface area contributed by atoms with Gasteiger partial charge in [0.05, 0.1) is 23.9 Å². The minimum absolute atomic E-state index is 0.000525. The molecule has 1 unspecified atom stereocenters. The number of pyridine rings is 1. The van der Waals surface area contributed by atoms with Crippen LogP contribution in [0.25, 0.3) is 11.4 Å². The second-order valence-electron chi connectivity index (χ2n) is 8.58. The van der Waals surface area contributed by atoms with Crippen molar-refractivity contribution in [3.63, 3.8) is 0 Å². The van der Waals surface area contributed by atoms with Gasteiger partial charge in [-0.2, -0.15) is 0 Å². The molecule has 4 heterocycles. The van der Waals surface area contributed by atoms with Crippen molar-refractivity contribution in [1.82, 2.24) is 14.4 Å². The van der Waals surface area contributed by atoms with E-state index in [1.165, 1.54) is 16.2 Å². The SMILES string of the molecule is CCCCCOc1ccc(C2/C(=C(\O)c3c(C)nc4ccccn34)C(=O)C(=O)N2c2nccs2)cc1. The molecule has 1 aliphatic rings. The van der Waals surface area contributed by atoms with Gasteiger partial charge in [-0.05, 0) is 43.2 Å². The molecule has 8 nitrogen and oxygen atoms in total. The quantitative estimate of drug-likeness (QED) is 0.152. The minimum atomic E-state index is -0.848. The van der Waals surface area contributed by atoms with Crippen molar-refractivity contribution >= 4 is 39.6 Å². The standard InChI is InChI=1S/C27H26N4O4S/c1-3-4-7-15-35-19-11-9-18(10-12-19)23-21(25(33)26(34)31(23)27-28-13-16-36-27)24(32)22-17(2)29-20-8-5-6-14-30(20)22/h5-6,8-14,16,23,32H,3-4,7,15H2,1-2H3/b24-21+. The van der Waals surface area contributed by atoms with Crippen LogP contribution >= 0.6 is 11.3 Å². The molecule has 0 saturated carbocycles. The summed E-state index contributed by atoms with van der Waals surface area (Å²) in [4.78, 5) is 36.7. The third kappa shape index (κ3) is 4.15. The van der Waals surface area contributed by atoms with E-state index in [2.05, 4.69) is 16.9 Å². The fourth-order valence-electron chi connectivity index (χ4n) is 4.49. The molecule has 4 aromatic rings. The molecule has 1 aliphatic heterocycles. The van der Waals surface area contributed by atoms with Crippen LogP contribution in [0.1, 0.15) is 49.2 Å². The van der Waals surface area contributed by atoms with Gasteiger partial charge >= 0.3 is 5.91 Å². The second-order valence-corrected chi connectivity index (χ2v) is 9.46. The first-order valence-corrected chi connectivity index (χ1v) is 12.8. The monoisotopic (exact) mass is 502 g/mol. The lowest BCUT2D eigenvalue weighted by atomic mass is 9.96. The summed E-state index contributed by atoms with van der Waals surface area (Å²) >= 11 is 1.26. The Bertz CT molecular complexity index is 1440. The molecule has 0 aliphatic carbocycles. The molecular weight excluding hydrogens is 476 g/mol. The Morgan fingerprint density at radius 1 is 1.14 bits per heavy atom. The number of hydrogen-bond acceptors (Lipinski definition) is 7. The van der Waals surface area contributed by atoms with E-state index >= 15 is 0 Å². The Labute approximate surface area is 212 Å². The van der Waals surface area contributed by atoms with Gasteiger partial charge in [-0.25, -0.2) is 9.97 Å². The first-order chi connectivity index (χ1) is 17.5. The number of carbonyl (C=O) groups excluding carboxylic acids is 2. The van der Waals surface area contributed by atoms with Crippen LogP contribution in [0.5, 0.6) is 5.75 Å². The number of rotatable bonds is 8. The van der Waals surface area contributed by atoms with Crippen LogP contribution in [0.3, 0.4) is 0 Å². The maximum atomic E-state index is 13.4. The van der Waals surface area contributed by atoms with Crippen molar-refractivity contribution in [2.24, 2.45) is 0 Å². The van der Waals surface area contributed by atoms with Gasteiger partial charge in [0.15, 0.2) is 10.9 Å². The van der Waals surface area contributed by atoms with Gasteiger partial charge in [0.2, 0.25) is 0 Å². The summed E-state index contributed by atoms with van der Waals surface area (Å²) in [5, 5.41) is 13.7. The van der Waals surface area contributed by atoms with Crippen LogP contribution in [-0.4, -0.2) is 37.8 Å². The summed E-state index contributed by atoms with van der Waals surface area (Å²) in [6.45, 7) is 4.53. The van der Waals surface area contributed by atoms with E-state index in [1.54, 1.807) is 29.1 Å². The van der Waals surface area contributed by atoms with Gasteiger partial charge in [0, 0.05) is 17.8 Å². The fourth-order valence-corrected chi connectivity index (χ4v) is 5.16. The first kappa shape index (κ1) is 23.7. The lowest BCUT2D eigenvalue weighted by molar-refractivity contribution is -0.132. The van der Waals surface area contributed by atoms with Gasteiger partial charge in [0.1, 0.15) is 17.1 Å². The molecule has 36 heavy (non-hydrogen) atoms. The maximum Gasteiger partial charge on any atom is 0.301 e. The number of anilines is 1. The summed E-state index contributed by atoms with van der Waals surface area (Å²) < 4.78 is 7.55. The Morgan fingerprint density at radius 3 is 2.67 bits per heavy atom. The zero-order valence-electron chi connectivity index (χ0n) is 20.0. The Hall–Kier alpha value is -3.98. The van der Waals surface area contributed by atoms with Crippen molar-refractivity contribution in [3.8, 4) is 5.75 Å². The molecule has 0 radical (unpaired) electrons. The zero-order valence-corrected chi connectivity index (χ0v) is 20.9. The number of Topliss-reactive ketones (excluding diaryl/α,β-unsaturated/α-hetero) is 1. The first-order valence-electron chi connectivity index (χ1n) is 11.9. The maximum absolute atomic E-state index is 13.4. The smallest absolute Gasteiger partial charge is 0.301 e. The number of unbranched alkanes of at least 4 members (excludes halogenated alkanes) is 2. The van der Waals surface area contributed by atoms with Crippen LogP contribution < -0.4 is 9.64 Å². The average molecular weight is 503 g/mol. The van der Waals surface area contributed by atoms with E-state index in [4.69, 9.17) is 4.74 Å². The van der Waals surface area contributed by atoms with E-state index in [0.717, 1.165) is 19.3 Å². The lowest BCUT2D eigenvalue weighted by Crippen LogP contribution is -2.29. The molecule has 1 amide bonds. The van der Waals surface area contributed by atoms with E-state index in [1.807, 2.05) is 42.5 Å². The zero-order chi connectivity index (χ0) is 25.2. The van der Waals surface area contributed by atoms with Crippen LogP contribution in [0.15, 0.2) is 65.8 Å². The number of fused-ring (bicyclic) bond motifs is 1. The molecule has 3 aromatic heterocycles. The van der Waals surface area contributed by atoms with Crippen LogP contribution in [-0.2, 0) is 9.59 Å². The Morgan fingerprint density at radius 2 is 1.94 bits per heavy atom. The number of nitrogens with zero attached hydrogens (tertiary/aromatic N) is 4. The van der Waals surface area contributed by atoms with Crippen molar-refractivity contribution in [2.45, 2.75) is 39.2 Å². The number of ketones is 1. The van der Waals surface area contributed by atoms with Gasteiger partial charge in [-0.15, -0.1) is 11.3 Å². The molecule has 1 saturated heterocycles. The number of benzene rings is 1. The highest BCUT2D eigenvalue weighted by Gasteiger charge is 2.48. The van der Waals surface area contributed by atoms with Crippen LogP contribution in [0, 0.1) is 6.92 Å². The molecular formula is C27H26N4O4S. The molecule has 0 bridgehead atoms. The summed E-state index contributed by atoms with van der Waals surface area (Å²) in [5.41, 5.74) is 2.23. The van der Waals surface area contributed by atoms with Crippen molar-refractivity contribution in [2.75, 3.05) is 11.5 Å². The normalized spacial score (nSPS) is 17.3. The van der Waals surface area contributed by atoms with Gasteiger partial charge < -0.3 is 9.84 Å². The third-order valence-electron chi connectivity index (χ3n) is 6.21. The number of thiazole rings is 1. The van der Waals surface area contributed by atoms with Gasteiger partial charge in [-0.3, -0.25) is 18.9 Å². The van der Waals surface area contributed by atoms with Crippen molar-refractivity contribution in [1.29, 1.82) is 0 Å². The molecule has 184 valence electrons. The Kier molecular flexibility index (Phi) is 6.56. The number of ether oxygens (including phenoxy) is 1. The number of aromatic nitrogens is 3. The average Bonchev–Trinajstić information content (AvgIpc) is 3.59. The number of aryl methyl sites for hydroxylation is 1. The third-order valence-corrected chi connectivity index (χ3v) is 6.98. The highest BCUT2D eigenvalue weighted by Crippen LogP contribution is 2.43. The molecule has 1 fully saturated rings. The van der Waals surface area contributed by atoms with E-state index in [9.17, 15) is 14.7 Å². The number of aliphatic hydroxyl groups excluding tert-OH is 1. The second kappa shape index (κ2) is 9.94. The molecule has 9 heteroatoms. The number of carbonyl (C=O) groups is 2. The largest absolute Gasteiger partial charge is 0.505 e. The highest BCUT2D eigenvalue weighted by atomic mass is 32.1. The van der Waals surface area contributed by atoms with E-state index in [-0.39, 0.29) is 11.3 Å². The van der Waals surface area contributed by atoms with Crippen LogP contribution in [0.2, 0.25) is 0 Å². The predicted molar refractivity (Wildman–Crippen MR) is 138 cm³/mol. The summed E-state index contributed by atoms with van der Waals surface area (Å²) in [6, 6.07) is 11.9. The molecule has 1 atom stereocenters. The minimum Gasteiger partial charge on any atom is -0.505 e. The fraction of sp³-hybridized carbons (Fsp3) is 0.259. The van der Waals surface area contributed by atoms with Gasteiger partial charge in [-0.1, -0.05) is 38.0 Å². The summed E-state index contributed by atoms with van der Waals surface area (Å²) in [6.07, 6.45) is 6.53. The highest BCUT2D eigenvalue weighted by molar-refractivity contribution is 7.14. The molecule has 0 spiro atoms. The summed E-state index contributed by atoms with van der Waals surface area (Å²) in [7, 11) is 0. The van der Waals surface area contributed by atoms with Crippen molar-refractivity contribution < 1.29 is 19.4 Å². The lowest BCUT2D eigenvalue weighted by Gasteiger charge is -2.23. The predicted octanol–water partition coefficient (Wildman–Crippen LogP) is 5.29. The topological polar surface area (TPSA) is 97.0 Å². The number of amides is 1. The number of aliphatic hydroxyl groups is 1. The van der Waals surface area contributed by atoms with E-state index in [0.29, 0.717) is 40.1 Å². The van der Waals surface area contributed by atoms with Crippen molar-refractivity contribution in [3.05, 3.63) is 82.8 Å². The Balaban J connectivity index is 1.61. The molecule has 5 rings (SSSR count). The van der Waals surface area contributed by atoms with E-state index < -0.39 is 17.7 Å². The molecule has 1 aromatic carbocycles. The number of imidazole rings is 1. The van der Waals surface area contributed by atoms with Gasteiger partial charge in [0.25, 0.3) is 5.78 Å². The summed E-state index contributed by atoms with van der Waals surface area (Å²) in [5.74, 6) is -1.06. The number of hydrogen-bond donors (Lipinski definition) is 1. The molecule has 1 N–H and O–H groups in total. The van der Waals surface area contributed by atoms with Crippen LogP contribution in [0.4, 0.5) is 5.13 Å².